The summed E-state index contributed by atoms with van der Waals surface area (Å²) in [5, 5.41) is 13.5. The van der Waals surface area contributed by atoms with Gasteiger partial charge in [0.2, 0.25) is 0 Å². The van der Waals surface area contributed by atoms with Crippen LogP contribution in [0.25, 0.3) is 5.78 Å². The summed E-state index contributed by atoms with van der Waals surface area (Å²) in [5.41, 5.74) is -0.584. The van der Waals surface area contributed by atoms with Gasteiger partial charge in [-0.15, -0.1) is 0 Å². The number of aromatic nitrogens is 4. The van der Waals surface area contributed by atoms with E-state index in [1.807, 2.05) is 6.92 Å². The van der Waals surface area contributed by atoms with E-state index >= 15 is 0 Å². The second kappa shape index (κ2) is 6.13. The summed E-state index contributed by atoms with van der Waals surface area (Å²) in [4.78, 5) is 8.66. The van der Waals surface area contributed by atoms with E-state index in [2.05, 4.69) is 15.1 Å². The van der Waals surface area contributed by atoms with Gasteiger partial charge < -0.3 is 0 Å². The maximum atomic E-state index is 13.1. The van der Waals surface area contributed by atoms with Crippen LogP contribution >= 0.6 is 11.8 Å². The molecule has 0 aliphatic rings. The van der Waals surface area contributed by atoms with Crippen LogP contribution in [-0.4, -0.2) is 19.6 Å². The number of hydrogen-bond donors (Lipinski definition) is 0. The van der Waals surface area contributed by atoms with Gasteiger partial charge in [-0.3, -0.25) is 0 Å². The van der Waals surface area contributed by atoms with Crippen LogP contribution in [0, 0.1) is 11.3 Å². The minimum atomic E-state index is -4.59. The highest BCUT2D eigenvalue weighted by molar-refractivity contribution is 7.99. The van der Waals surface area contributed by atoms with Crippen LogP contribution in [0.1, 0.15) is 23.7 Å². The van der Waals surface area contributed by atoms with Crippen LogP contribution < -0.4 is 0 Å². The quantitative estimate of drug-likeness (QED) is 0.674. The molecule has 0 N–H and O–H groups in total. The third-order valence-electron chi connectivity index (χ3n) is 3.27. The molecule has 0 bridgehead atoms. The maximum absolute atomic E-state index is 13.1. The van der Waals surface area contributed by atoms with Crippen LogP contribution in [-0.2, 0) is 12.6 Å². The largest absolute Gasteiger partial charge is 0.417 e. The summed E-state index contributed by atoms with van der Waals surface area (Å²) < 4.78 is 40.7. The van der Waals surface area contributed by atoms with Crippen molar-refractivity contribution in [2.24, 2.45) is 0 Å². The van der Waals surface area contributed by atoms with Gasteiger partial charge in [-0.25, -0.2) is 4.98 Å². The fourth-order valence-corrected chi connectivity index (χ4v) is 3.09. The Morgan fingerprint density at radius 2 is 2.08 bits per heavy atom. The minimum absolute atomic E-state index is 0.353. The predicted molar refractivity (Wildman–Crippen MR) is 80.4 cm³/mol. The monoisotopic (exact) mass is 349 g/mol. The SMILES string of the molecule is CCc1cc(Sc2ccc(C#N)c(C(F)(F)F)c2)n2ncnc2n1. The van der Waals surface area contributed by atoms with Gasteiger partial charge in [0.25, 0.3) is 5.78 Å². The van der Waals surface area contributed by atoms with Gasteiger partial charge in [0.05, 0.1) is 17.2 Å². The molecule has 0 saturated carbocycles. The molecule has 5 nitrogen and oxygen atoms in total. The highest BCUT2D eigenvalue weighted by Crippen LogP contribution is 2.36. The Kier molecular flexibility index (Phi) is 4.15. The van der Waals surface area contributed by atoms with Crippen molar-refractivity contribution in [3.8, 4) is 6.07 Å². The molecule has 0 fully saturated rings. The summed E-state index contributed by atoms with van der Waals surface area (Å²) >= 11 is 1.11. The van der Waals surface area contributed by atoms with Gasteiger partial charge in [0.15, 0.2) is 0 Å². The Morgan fingerprint density at radius 1 is 1.29 bits per heavy atom. The number of hydrogen-bond acceptors (Lipinski definition) is 5. The summed E-state index contributed by atoms with van der Waals surface area (Å²) in [6, 6.07) is 6.95. The van der Waals surface area contributed by atoms with Crippen molar-refractivity contribution in [2.75, 3.05) is 0 Å². The molecule has 3 aromatic rings. The summed E-state index contributed by atoms with van der Waals surface area (Å²) in [7, 11) is 0. The van der Waals surface area contributed by atoms with Crippen LogP contribution in [0.2, 0.25) is 0 Å². The Hall–Kier alpha value is -2.60. The molecule has 0 unspecified atom stereocenters. The molecular formula is C15H10F3N5S. The molecule has 0 atom stereocenters. The van der Waals surface area contributed by atoms with Crippen molar-refractivity contribution >= 4 is 17.5 Å². The molecule has 1 aromatic carbocycles. The highest BCUT2D eigenvalue weighted by Gasteiger charge is 2.34. The van der Waals surface area contributed by atoms with Gasteiger partial charge >= 0.3 is 6.18 Å². The molecule has 0 amide bonds. The second-order valence-electron chi connectivity index (χ2n) is 4.83. The molecule has 2 aromatic heterocycles. The minimum Gasteiger partial charge on any atom is -0.216 e. The van der Waals surface area contributed by atoms with Crippen molar-refractivity contribution in [3.63, 3.8) is 0 Å². The predicted octanol–water partition coefficient (Wildman–Crippen LogP) is 3.73. The van der Waals surface area contributed by atoms with Gasteiger partial charge in [-0.05, 0) is 30.7 Å². The standard InChI is InChI=1S/C15H10F3N5S/c1-2-10-5-13(23-14(22-10)20-8-21-23)24-11-4-3-9(7-19)12(6-11)15(16,17)18/h3-6,8H,2H2,1H3. The first-order chi connectivity index (χ1) is 11.4. The van der Waals surface area contributed by atoms with E-state index in [1.165, 1.54) is 23.0 Å². The lowest BCUT2D eigenvalue weighted by Gasteiger charge is -2.11. The fourth-order valence-electron chi connectivity index (χ4n) is 2.12. The van der Waals surface area contributed by atoms with E-state index < -0.39 is 17.3 Å². The lowest BCUT2D eigenvalue weighted by atomic mass is 10.1. The number of nitriles is 1. The summed E-state index contributed by atoms with van der Waals surface area (Å²) in [6.45, 7) is 1.92. The van der Waals surface area contributed by atoms with E-state index in [0.29, 0.717) is 22.1 Å². The van der Waals surface area contributed by atoms with Crippen molar-refractivity contribution in [1.29, 1.82) is 5.26 Å². The topological polar surface area (TPSA) is 66.9 Å². The van der Waals surface area contributed by atoms with Gasteiger partial charge in [-0.1, -0.05) is 18.7 Å². The first kappa shape index (κ1) is 16.3. The lowest BCUT2D eigenvalue weighted by molar-refractivity contribution is -0.137. The van der Waals surface area contributed by atoms with Gasteiger partial charge in [-0.2, -0.15) is 33.0 Å². The van der Waals surface area contributed by atoms with Crippen molar-refractivity contribution in [1.82, 2.24) is 19.6 Å². The van der Waals surface area contributed by atoms with E-state index in [-0.39, 0.29) is 0 Å². The second-order valence-corrected chi connectivity index (χ2v) is 5.92. The number of benzene rings is 1. The first-order valence-electron chi connectivity index (χ1n) is 6.91. The van der Waals surface area contributed by atoms with E-state index in [0.717, 1.165) is 23.5 Å². The van der Waals surface area contributed by atoms with Crippen LogP contribution in [0.4, 0.5) is 13.2 Å². The van der Waals surface area contributed by atoms with E-state index in [1.54, 1.807) is 12.1 Å². The molecule has 122 valence electrons. The van der Waals surface area contributed by atoms with Crippen molar-refractivity contribution in [3.05, 3.63) is 47.4 Å². The average Bonchev–Trinajstić information content (AvgIpc) is 3.02. The molecule has 9 heteroatoms. The molecule has 0 aliphatic heterocycles. The molecule has 0 aliphatic carbocycles. The molecular weight excluding hydrogens is 339 g/mol. The zero-order valence-corrected chi connectivity index (χ0v) is 13.2. The van der Waals surface area contributed by atoms with Crippen molar-refractivity contribution < 1.29 is 13.2 Å². The molecule has 0 spiro atoms. The fraction of sp³-hybridized carbons (Fsp3) is 0.200. The zero-order valence-electron chi connectivity index (χ0n) is 12.4. The number of alkyl halides is 3. The third kappa shape index (κ3) is 3.05. The van der Waals surface area contributed by atoms with E-state index in [4.69, 9.17) is 5.26 Å². The molecule has 24 heavy (non-hydrogen) atoms. The number of halogens is 3. The van der Waals surface area contributed by atoms with Crippen LogP contribution in [0.3, 0.4) is 0 Å². The molecule has 0 saturated heterocycles. The average molecular weight is 349 g/mol. The Balaban J connectivity index is 2.06. The number of aryl methyl sites for hydroxylation is 1. The first-order valence-corrected chi connectivity index (χ1v) is 7.73. The number of nitrogens with zero attached hydrogens (tertiary/aromatic N) is 5. The maximum Gasteiger partial charge on any atom is 0.417 e. The smallest absolute Gasteiger partial charge is 0.216 e. The zero-order chi connectivity index (χ0) is 17.3. The molecule has 0 radical (unpaired) electrons. The highest BCUT2D eigenvalue weighted by atomic mass is 32.2. The summed E-state index contributed by atoms with van der Waals surface area (Å²) in [6.07, 6.45) is -2.58. The van der Waals surface area contributed by atoms with Crippen LogP contribution in [0.5, 0.6) is 0 Å². The summed E-state index contributed by atoms with van der Waals surface area (Å²) in [5.74, 6) is 0.390. The Morgan fingerprint density at radius 3 is 2.75 bits per heavy atom. The van der Waals surface area contributed by atoms with Crippen LogP contribution in [0.15, 0.2) is 40.5 Å². The third-order valence-corrected chi connectivity index (χ3v) is 4.26. The van der Waals surface area contributed by atoms with Crippen molar-refractivity contribution in [2.45, 2.75) is 29.4 Å². The Labute approximate surface area is 139 Å². The lowest BCUT2D eigenvalue weighted by Crippen LogP contribution is -2.08. The molecule has 3 rings (SSSR count). The Bertz CT molecular complexity index is 942. The van der Waals surface area contributed by atoms with Gasteiger partial charge in [0.1, 0.15) is 11.4 Å². The van der Waals surface area contributed by atoms with Gasteiger partial charge in [0, 0.05) is 10.6 Å². The number of rotatable bonds is 3. The van der Waals surface area contributed by atoms with E-state index in [9.17, 15) is 13.2 Å². The number of fused-ring (bicyclic) bond motifs is 1. The normalized spacial score (nSPS) is 11.6. The molecule has 2 heterocycles.